The maximum Gasteiger partial charge on any atom is 0.193 e. The zero-order valence-corrected chi connectivity index (χ0v) is 9.24. The molecule has 5 nitrogen and oxygen atoms in total. The van der Waals surface area contributed by atoms with Crippen molar-refractivity contribution in [3.05, 3.63) is 34.9 Å². The lowest BCUT2D eigenvalue weighted by Crippen LogP contribution is -2.04. The summed E-state index contributed by atoms with van der Waals surface area (Å²) in [6.07, 6.45) is 0. The van der Waals surface area contributed by atoms with Crippen LogP contribution in [-0.4, -0.2) is 20.2 Å². The van der Waals surface area contributed by atoms with Crippen molar-refractivity contribution in [3.63, 3.8) is 0 Å². The first-order chi connectivity index (χ1) is 7.66. The van der Waals surface area contributed by atoms with Gasteiger partial charge in [-0.05, 0) is 17.3 Å². The van der Waals surface area contributed by atoms with E-state index in [0.717, 1.165) is 0 Å². The number of anilines is 1. The van der Waals surface area contributed by atoms with E-state index in [9.17, 15) is 4.39 Å². The Bertz CT molecular complexity index is 478. The highest BCUT2D eigenvalue weighted by atomic mass is 35.5. The van der Waals surface area contributed by atoms with Gasteiger partial charge in [0.2, 0.25) is 0 Å². The molecule has 1 aromatic heterocycles. The summed E-state index contributed by atoms with van der Waals surface area (Å²) in [6.45, 7) is 0.272. The Hall–Kier alpha value is -1.69. The molecular weight excluding hydrogens is 233 g/mol. The van der Waals surface area contributed by atoms with Crippen molar-refractivity contribution >= 4 is 17.3 Å². The van der Waals surface area contributed by atoms with Gasteiger partial charge < -0.3 is 5.32 Å². The van der Waals surface area contributed by atoms with E-state index >= 15 is 0 Å². The van der Waals surface area contributed by atoms with Crippen molar-refractivity contribution in [1.29, 1.82) is 0 Å². The number of halogens is 2. The van der Waals surface area contributed by atoms with E-state index < -0.39 is 5.82 Å². The second kappa shape index (κ2) is 4.44. The number of para-hydroxylation sites is 1. The first kappa shape index (κ1) is 10.8. The molecule has 0 fully saturated rings. The molecule has 0 amide bonds. The van der Waals surface area contributed by atoms with E-state index in [1.165, 1.54) is 10.9 Å². The molecule has 16 heavy (non-hydrogen) atoms. The first-order valence-corrected chi connectivity index (χ1v) is 4.95. The zero-order chi connectivity index (χ0) is 11.5. The summed E-state index contributed by atoms with van der Waals surface area (Å²) in [6, 6.07) is 4.48. The van der Waals surface area contributed by atoms with Crippen molar-refractivity contribution < 1.29 is 4.39 Å². The van der Waals surface area contributed by atoms with Gasteiger partial charge in [-0.25, -0.2) is 4.39 Å². The Morgan fingerprint density at radius 1 is 1.50 bits per heavy atom. The van der Waals surface area contributed by atoms with Crippen LogP contribution in [0.5, 0.6) is 0 Å². The molecule has 84 valence electrons. The number of nitrogens with zero attached hydrogens (tertiary/aromatic N) is 4. The normalized spacial score (nSPS) is 10.4. The highest BCUT2D eigenvalue weighted by Gasteiger charge is 2.07. The maximum atomic E-state index is 13.3. The van der Waals surface area contributed by atoms with Gasteiger partial charge in [0, 0.05) is 0 Å². The third kappa shape index (κ3) is 2.27. The number of hydrogen-bond donors (Lipinski definition) is 1. The monoisotopic (exact) mass is 241 g/mol. The van der Waals surface area contributed by atoms with E-state index in [4.69, 9.17) is 11.6 Å². The third-order valence-corrected chi connectivity index (χ3v) is 2.25. The van der Waals surface area contributed by atoms with E-state index in [1.54, 1.807) is 19.2 Å². The van der Waals surface area contributed by atoms with Gasteiger partial charge in [0.05, 0.1) is 24.3 Å². The van der Waals surface area contributed by atoms with Gasteiger partial charge in [-0.15, -0.1) is 10.2 Å². The lowest BCUT2D eigenvalue weighted by Gasteiger charge is -2.06. The topological polar surface area (TPSA) is 55.6 Å². The number of aryl methyl sites for hydroxylation is 1. The molecule has 0 radical (unpaired) electrons. The van der Waals surface area contributed by atoms with Crippen molar-refractivity contribution in [2.45, 2.75) is 6.54 Å². The Balaban J connectivity index is 2.10. The van der Waals surface area contributed by atoms with E-state index in [0.29, 0.717) is 10.8 Å². The fraction of sp³-hybridized carbons (Fsp3) is 0.222. The number of hydrogen-bond acceptors (Lipinski definition) is 4. The van der Waals surface area contributed by atoms with E-state index in [-0.39, 0.29) is 12.2 Å². The summed E-state index contributed by atoms with van der Waals surface area (Å²) in [7, 11) is 1.66. The molecule has 0 atom stereocenters. The zero-order valence-electron chi connectivity index (χ0n) is 8.48. The Morgan fingerprint density at radius 2 is 2.31 bits per heavy atom. The molecule has 0 aliphatic heterocycles. The van der Waals surface area contributed by atoms with Crippen molar-refractivity contribution in [2.24, 2.45) is 7.05 Å². The van der Waals surface area contributed by atoms with Crippen LogP contribution in [0.4, 0.5) is 10.1 Å². The van der Waals surface area contributed by atoms with Gasteiger partial charge in [0.1, 0.15) is 5.82 Å². The number of tetrazole rings is 1. The first-order valence-electron chi connectivity index (χ1n) is 4.57. The van der Waals surface area contributed by atoms with Crippen LogP contribution in [0.1, 0.15) is 5.82 Å². The average molecular weight is 242 g/mol. The molecule has 7 heteroatoms. The van der Waals surface area contributed by atoms with Crippen LogP contribution in [-0.2, 0) is 13.6 Å². The fourth-order valence-electron chi connectivity index (χ4n) is 1.23. The van der Waals surface area contributed by atoms with Gasteiger partial charge in [0.25, 0.3) is 0 Å². The van der Waals surface area contributed by atoms with Crippen LogP contribution in [0.2, 0.25) is 5.02 Å². The van der Waals surface area contributed by atoms with Gasteiger partial charge in [-0.1, -0.05) is 17.7 Å². The molecule has 0 aliphatic rings. The smallest absolute Gasteiger partial charge is 0.193 e. The lowest BCUT2D eigenvalue weighted by atomic mass is 10.3. The molecule has 1 N–H and O–H groups in total. The molecule has 0 saturated carbocycles. The van der Waals surface area contributed by atoms with Crippen LogP contribution in [0.15, 0.2) is 18.2 Å². The van der Waals surface area contributed by atoms with E-state index in [2.05, 4.69) is 20.7 Å². The lowest BCUT2D eigenvalue weighted by molar-refractivity contribution is 0.626. The summed E-state index contributed by atoms with van der Waals surface area (Å²) in [5.41, 5.74) is 0.247. The molecule has 0 bridgehead atoms. The largest absolute Gasteiger partial charge is 0.374 e. The van der Waals surface area contributed by atoms with Crippen LogP contribution in [0.25, 0.3) is 0 Å². The second-order valence-electron chi connectivity index (χ2n) is 3.15. The van der Waals surface area contributed by atoms with Crippen molar-refractivity contribution in [1.82, 2.24) is 20.2 Å². The minimum atomic E-state index is -0.406. The summed E-state index contributed by atoms with van der Waals surface area (Å²) in [5.74, 6) is 0.0678. The van der Waals surface area contributed by atoms with Crippen molar-refractivity contribution in [3.8, 4) is 0 Å². The number of benzene rings is 1. The summed E-state index contributed by atoms with van der Waals surface area (Å²) in [5, 5.41) is 14.5. The Morgan fingerprint density at radius 3 is 2.94 bits per heavy atom. The molecule has 2 aromatic rings. The fourth-order valence-corrected chi connectivity index (χ4v) is 1.46. The molecule has 2 rings (SSSR count). The van der Waals surface area contributed by atoms with Gasteiger partial charge in [-0.3, -0.25) is 0 Å². The van der Waals surface area contributed by atoms with Gasteiger partial charge in [0.15, 0.2) is 5.82 Å². The second-order valence-corrected chi connectivity index (χ2v) is 3.55. The van der Waals surface area contributed by atoms with Gasteiger partial charge in [-0.2, -0.15) is 4.80 Å². The highest BCUT2D eigenvalue weighted by molar-refractivity contribution is 6.33. The average Bonchev–Trinajstić information content (AvgIpc) is 2.63. The Labute approximate surface area is 96.2 Å². The molecular formula is C9H9ClFN5. The van der Waals surface area contributed by atoms with Crippen LogP contribution in [0.3, 0.4) is 0 Å². The third-order valence-electron chi connectivity index (χ3n) is 1.94. The minimum absolute atomic E-state index is 0.247. The number of rotatable bonds is 3. The number of nitrogens with one attached hydrogen (secondary N) is 1. The molecule has 0 aliphatic carbocycles. The van der Waals surface area contributed by atoms with Crippen LogP contribution in [0, 0.1) is 5.82 Å². The SMILES string of the molecule is Cn1nnc(CNc2c(F)cccc2Cl)n1. The molecule has 1 heterocycles. The van der Waals surface area contributed by atoms with Gasteiger partial charge >= 0.3 is 0 Å². The standard InChI is InChI=1S/C9H9ClFN5/c1-16-14-8(13-15-16)5-12-9-6(10)3-2-4-7(9)11/h2-4,12H,5H2,1H3. The van der Waals surface area contributed by atoms with Crippen LogP contribution < -0.4 is 5.32 Å². The highest BCUT2D eigenvalue weighted by Crippen LogP contribution is 2.24. The predicted molar refractivity (Wildman–Crippen MR) is 57.5 cm³/mol. The summed E-state index contributed by atoms with van der Waals surface area (Å²) >= 11 is 5.84. The molecule has 0 spiro atoms. The molecule has 1 aromatic carbocycles. The minimum Gasteiger partial charge on any atom is -0.374 e. The maximum absolute atomic E-state index is 13.3. The summed E-state index contributed by atoms with van der Waals surface area (Å²) in [4.78, 5) is 1.33. The number of aromatic nitrogens is 4. The predicted octanol–water partition coefficient (Wildman–Crippen LogP) is 1.61. The molecule has 0 saturated heterocycles. The van der Waals surface area contributed by atoms with E-state index in [1.807, 2.05) is 0 Å². The Kier molecular flexibility index (Phi) is 3.00. The van der Waals surface area contributed by atoms with Crippen LogP contribution >= 0.6 is 11.6 Å². The van der Waals surface area contributed by atoms with Crippen molar-refractivity contribution in [2.75, 3.05) is 5.32 Å². The summed E-state index contributed by atoms with van der Waals surface area (Å²) < 4.78 is 13.3. The molecule has 0 unspecified atom stereocenters. The quantitative estimate of drug-likeness (QED) is 0.887.